The van der Waals surface area contributed by atoms with E-state index < -0.39 is 22.5 Å². The summed E-state index contributed by atoms with van der Waals surface area (Å²) in [5.41, 5.74) is 0.752. The second kappa shape index (κ2) is 5.05. The molecular weight excluding hydrogens is 228 g/mol. The van der Waals surface area contributed by atoms with Gasteiger partial charge in [0.25, 0.3) is 22.5 Å². The molecule has 0 saturated heterocycles. The molecule has 0 bridgehead atoms. The standard InChI is InChI=1S/C6H8N2O4S2/c9-13(10)7-5-2-1-3-6(4-5)8-14(11)12/h1-4,7-8H,(H,9,10)(H,11,12). The van der Waals surface area contributed by atoms with E-state index in [4.69, 9.17) is 9.11 Å². The van der Waals surface area contributed by atoms with E-state index in [0.29, 0.717) is 11.4 Å². The molecule has 0 saturated carbocycles. The Morgan fingerprint density at radius 2 is 1.43 bits per heavy atom. The summed E-state index contributed by atoms with van der Waals surface area (Å²) >= 11 is -4.31. The van der Waals surface area contributed by atoms with E-state index >= 15 is 0 Å². The van der Waals surface area contributed by atoms with E-state index in [0.717, 1.165) is 0 Å². The molecule has 0 aromatic heterocycles. The normalized spacial score (nSPS) is 14.4. The Morgan fingerprint density at radius 3 is 1.79 bits per heavy atom. The van der Waals surface area contributed by atoms with Crippen LogP contribution in [0.4, 0.5) is 11.4 Å². The van der Waals surface area contributed by atoms with Gasteiger partial charge >= 0.3 is 0 Å². The molecule has 0 aliphatic rings. The Hall–Kier alpha value is -0.960. The molecule has 0 radical (unpaired) electrons. The zero-order valence-electron chi connectivity index (χ0n) is 6.84. The first kappa shape index (κ1) is 11.1. The van der Waals surface area contributed by atoms with Gasteiger partial charge in [0.15, 0.2) is 0 Å². The van der Waals surface area contributed by atoms with Crippen LogP contribution in [-0.4, -0.2) is 17.5 Å². The van der Waals surface area contributed by atoms with Gasteiger partial charge < -0.3 is 0 Å². The van der Waals surface area contributed by atoms with Crippen LogP contribution >= 0.6 is 0 Å². The minimum Gasteiger partial charge on any atom is -0.289 e. The fourth-order valence-electron chi connectivity index (χ4n) is 0.848. The second-order valence-corrected chi connectivity index (χ2v) is 3.69. The maximum Gasteiger partial charge on any atom is 0.259 e. The van der Waals surface area contributed by atoms with Crippen molar-refractivity contribution >= 4 is 33.9 Å². The zero-order chi connectivity index (χ0) is 10.6. The van der Waals surface area contributed by atoms with Gasteiger partial charge in [-0.1, -0.05) is 6.07 Å². The summed E-state index contributed by atoms with van der Waals surface area (Å²) < 4.78 is 42.2. The van der Waals surface area contributed by atoms with Crippen molar-refractivity contribution in [2.45, 2.75) is 0 Å². The Bertz CT molecular complexity index is 339. The number of anilines is 2. The first-order chi connectivity index (χ1) is 6.58. The van der Waals surface area contributed by atoms with Crippen molar-refractivity contribution in [2.75, 3.05) is 9.44 Å². The molecule has 2 atom stereocenters. The third kappa shape index (κ3) is 3.83. The molecule has 2 unspecified atom stereocenters. The van der Waals surface area contributed by atoms with Crippen LogP contribution < -0.4 is 9.44 Å². The van der Waals surface area contributed by atoms with Crippen LogP contribution in [0.2, 0.25) is 0 Å². The molecule has 0 fully saturated rings. The molecule has 0 amide bonds. The highest BCUT2D eigenvalue weighted by molar-refractivity contribution is 7.80. The van der Waals surface area contributed by atoms with Crippen molar-refractivity contribution in [3.63, 3.8) is 0 Å². The van der Waals surface area contributed by atoms with Gasteiger partial charge in [0.2, 0.25) is 0 Å². The molecule has 1 rings (SSSR count). The Kier molecular flexibility index (Phi) is 4.01. The maximum atomic E-state index is 10.4. The lowest BCUT2D eigenvalue weighted by Gasteiger charge is -2.04. The number of benzene rings is 1. The number of rotatable bonds is 4. The van der Waals surface area contributed by atoms with E-state index in [1.807, 2.05) is 0 Å². The highest BCUT2D eigenvalue weighted by Crippen LogP contribution is 2.15. The van der Waals surface area contributed by atoms with Gasteiger partial charge in [-0.05, 0) is 18.2 Å². The smallest absolute Gasteiger partial charge is 0.259 e. The first-order valence-electron chi connectivity index (χ1n) is 3.43. The lowest BCUT2D eigenvalue weighted by Crippen LogP contribution is -2.04. The molecule has 1 aromatic carbocycles. The fraction of sp³-hybridized carbons (Fsp3) is 0. The SMILES string of the molecule is O=S(O)Nc1cccc(NS(=O)O)c1. The lowest BCUT2D eigenvalue weighted by molar-refractivity contribution is 0.569. The molecule has 0 aliphatic heterocycles. The summed E-state index contributed by atoms with van der Waals surface area (Å²) in [6.07, 6.45) is 0. The monoisotopic (exact) mass is 236 g/mol. The van der Waals surface area contributed by atoms with Gasteiger partial charge in [-0.3, -0.25) is 18.5 Å². The highest BCUT2D eigenvalue weighted by Gasteiger charge is 1.99. The fourth-order valence-corrected chi connectivity index (χ4v) is 1.51. The minimum atomic E-state index is -2.15. The minimum absolute atomic E-state index is 0.376. The summed E-state index contributed by atoms with van der Waals surface area (Å²) in [5, 5.41) is 0. The van der Waals surface area contributed by atoms with Crippen LogP contribution in [-0.2, 0) is 22.5 Å². The highest BCUT2D eigenvalue weighted by atomic mass is 32.2. The van der Waals surface area contributed by atoms with Crippen molar-refractivity contribution in [2.24, 2.45) is 0 Å². The first-order valence-corrected chi connectivity index (χ1v) is 5.64. The number of hydrogen-bond donors (Lipinski definition) is 4. The average molecular weight is 236 g/mol. The molecule has 14 heavy (non-hydrogen) atoms. The van der Waals surface area contributed by atoms with E-state index in [1.165, 1.54) is 6.07 Å². The average Bonchev–Trinajstić information content (AvgIpc) is 2.01. The molecule has 4 N–H and O–H groups in total. The quantitative estimate of drug-likeness (QED) is 0.581. The van der Waals surface area contributed by atoms with Crippen LogP contribution in [0.25, 0.3) is 0 Å². The van der Waals surface area contributed by atoms with E-state index in [2.05, 4.69) is 9.44 Å². The van der Waals surface area contributed by atoms with Crippen LogP contribution in [0.15, 0.2) is 24.3 Å². The summed E-state index contributed by atoms with van der Waals surface area (Å²) in [6.45, 7) is 0. The van der Waals surface area contributed by atoms with Crippen molar-refractivity contribution in [1.82, 2.24) is 0 Å². The van der Waals surface area contributed by atoms with Gasteiger partial charge in [-0.15, -0.1) is 0 Å². The van der Waals surface area contributed by atoms with E-state index in [1.54, 1.807) is 18.2 Å². The largest absolute Gasteiger partial charge is 0.289 e. The predicted octanol–water partition coefficient (Wildman–Crippen LogP) is 0.784. The third-order valence-electron chi connectivity index (χ3n) is 1.27. The lowest BCUT2D eigenvalue weighted by atomic mass is 10.3. The van der Waals surface area contributed by atoms with Gasteiger partial charge in [0, 0.05) is 0 Å². The van der Waals surface area contributed by atoms with Gasteiger partial charge in [0.05, 0.1) is 11.4 Å². The molecule has 78 valence electrons. The van der Waals surface area contributed by atoms with Crippen LogP contribution in [0.3, 0.4) is 0 Å². The molecule has 0 spiro atoms. The summed E-state index contributed by atoms with van der Waals surface area (Å²) in [5.74, 6) is 0. The summed E-state index contributed by atoms with van der Waals surface area (Å²) in [4.78, 5) is 0. The van der Waals surface area contributed by atoms with Crippen molar-refractivity contribution in [1.29, 1.82) is 0 Å². The van der Waals surface area contributed by atoms with Crippen LogP contribution in [0.5, 0.6) is 0 Å². The number of hydrogen-bond acceptors (Lipinski definition) is 2. The molecule has 8 heteroatoms. The summed E-state index contributed by atoms with van der Waals surface area (Å²) in [6, 6.07) is 6.12. The van der Waals surface area contributed by atoms with Gasteiger partial charge in [0.1, 0.15) is 0 Å². The molecule has 1 aromatic rings. The van der Waals surface area contributed by atoms with Crippen molar-refractivity contribution in [3.8, 4) is 0 Å². The summed E-state index contributed by atoms with van der Waals surface area (Å²) in [7, 11) is 0. The zero-order valence-corrected chi connectivity index (χ0v) is 8.47. The maximum absolute atomic E-state index is 10.4. The Balaban J connectivity index is 2.78. The predicted molar refractivity (Wildman–Crippen MR) is 55.2 cm³/mol. The topological polar surface area (TPSA) is 98.7 Å². The molecular formula is C6H8N2O4S2. The molecule has 6 nitrogen and oxygen atoms in total. The van der Waals surface area contributed by atoms with Crippen molar-refractivity contribution in [3.05, 3.63) is 24.3 Å². The van der Waals surface area contributed by atoms with Gasteiger partial charge in [-0.25, -0.2) is 8.42 Å². The van der Waals surface area contributed by atoms with Crippen LogP contribution in [0, 0.1) is 0 Å². The van der Waals surface area contributed by atoms with Crippen molar-refractivity contribution < 1.29 is 17.5 Å². The van der Waals surface area contributed by atoms with Gasteiger partial charge in [-0.2, -0.15) is 0 Å². The van der Waals surface area contributed by atoms with Crippen LogP contribution in [0.1, 0.15) is 0 Å². The Labute approximate surface area is 85.6 Å². The second-order valence-electron chi connectivity index (χ2n) is 2.28. The van der Waals surface area contributed by atoms with E-state index in [-0.39, 0.29) is 0 Å². The number of nitrogens with one attached hydrogen (secondary N) is 2. The Morgan fingerprint density at radius 1 is 1.00 bits per heavy atom. The van der Waals surface area contributed by atoms with E-state index in [9.17, 15) is 8.42 Å². The molecule has 0 aliphatic carbocycles. The molecule has 0 heterocycles. The third-order valence-corrected chi connectivity index (χ3v) is 2.09.